The Bertz CT molecular complexity index is 258. The van der Waals surface area contributed by atoms with Crippen molar-refractivity contribution in [3.63, 3.8) is 0 Å². The van der Waals surface area contributed by atoms with E-state index in [4.69, 9.17) is 10.2 Å². The second-order valence-corrected chi connectivity index (χ2v) is 3.69. The van der Waals surface area contributed by atoms with Gasteiger partial charge in [-0.25, -0.2) is 9.59 Å². The SMILES string of the molecule is CCCC(O)OC(=O)C=CC(=O)OC(O)CCC. The van der Waals surface area contributed by atoms with Gasteiger partial charge < -0.3 is 19.7 Å². The Morgan fingerprint density at radius 3 is 1.56 bits per heavy atom. The average molecular weight is 260 g/mol. The topological polar surface area (TPSA) is 93.1 Å². The molecule has 18 heavy (non-hydrogen) atoms. The molecule has 104 valence electrons. The first-order chi connectivity index (χ1) is 8.49. The van der Waals surface area contributed by atoms with E-state index in [1.165, 1.54) is 0 Å². The van der Waals surface area contributed by atoms with Gasteiger partial charge in [0.15, 0.2) is 0 Å². The molecule has 0 spiro atoms. The highest BCUT2D eigenvalue weighted by atomic mass is 16.6. The van der Waals surface area contributed by atoms with E-state index in [1.807, 2.05) is 13.8 Å². The molecular weight excluding hydrogens is 240 g/mol. The molecule has 2 atom stereocenters. The highest BCUT2D eigenvalue weighted by Crippen LogP contribution is 2.01. The lowest BCUT2D eigenvalue weighted by Gasteiger charge is -2.09. The Morgan fingerprint density at radius 1 is 0.944 bits per heavy atom. The summed E-state index contributed by atoms with van der Waals surface area (Å²) >= 11 is 0. The molecule has 0 radical (unpaired) electrons. The fraction of sp³-hybridized carbons (Fsp3) is 0.667. The first-order valence-corrected chi connectivity index (χ1v) is 5.95. The molecular formula is C12H20O6. The van der Waals surface area contributed by atoms with Gasteiger partial charge in [-0.1, -0.05) is 26.7 Å². The summed E-state index contributed by atoms with van der Waals surface area (Å²) in [5.74, 6) is -1.67. The Labute approximate surface area is 106 Å². The van der Waals surface area contributed by atoms with E-state index in [1.54, 1.807) is 0 Å². The van der Waals surface area contributed by atoms with Crippen molar-refractivity contribution in [2.45, 2.75) is 52.1 Å². The van der Waals surface area contributed by atoms with E-state index >= 15 is 0 Å². The monoisotopic (exact) mass is 260 g/mol. The van der Waals surface area contributed by atoms with Crippen LogP contribution in [-0.2, 0) is 19.1 Å². The normalized spacial score (nSPS) is 14.2. The summed E-state index contributed by atoms with van der Waals surface area (Å²) in [7, 11) is 0. The van der Waals surface area contributed by atoms with Crippen molar-refractivity contribution in [3.05, 3.63) is 12.2 Å². The molecule has 2 unspecified atom stereocenters. The second kappa shape index (κ2) is 9.61. The van der Waals surface area contributed by atoms with Gasteiger partial charge in [0.2, 0.25) is 12.6 Å². The molecule has 6 nitrogen and oxygen atoms in total. The van der Waals surface area contributed by atoms with Crippen LogP contribution in [0.1, 0.15) is 39.5 Å². The van der Waals surface area contributed by atoms with Crippen LogP contribution >= 0.6 is 0 Å². The zero-order valence-corrected chi connectivity index (χ0v) is 10.7. The van der Waals surface area contributed by atoms with Crippen LogP contribution in [0.2, 0.25) is 0 Å². The summed E-state index contributed by atoms with van der Waals surface area (Å²) in [6.07, 6.45) is 1.35. The maximum absolute atomic E-state index is 11.1. The van der Waals surface area contributed by atoms with Crippen molar-refractivity contribution in [2.24, 2.45) is 0 Å². The Balaban J connectivity index is 3.98. The molecule has 0 fully saturated rings. The van der Waals surface area contributed by atoms with Gasteiger partial charge in [0, 0.05) is 25.0 Å². The lowest BCUT2D eigenvalue weighted by Crippen LogP contribution is -2.17. The summed E-state index contributed by atoms with van der Waals surface area (Å²) in [6.45, 7) is 3.67. The van der Waals surface area contributed by atoms with Crippen LogP contribution in [0.3, 0.4) is 0 Å². The van der Waals surface area contributed by atoms with Gasteiger partial charge in [-0.05, 0) is 0 Å². The van der Waals surface area contributed by atoms with Gasteiger partial charge in [-0.3, -0.25) is 0 Å². The molecule has 0 rings (SSSR count). The standard InChI is InChI=1S/C12H20O6/c1-3-5-9(13)17-11(15)7-8-12(16)18-10(14)6-4-2/h7-10,13-14H,3-6H2,1-2H3. The van der Waals surface area contributed by atoms with Crippen molar-refractivity contribution in [2.75, 3.05) is 0 Å². The second-order valence-electron chi connectivity index (χ2n) is 3.69. The molecule has 0 bridgehead atoms. The number of ether oxygens (including phenoxy) is 2. The van der Waals surface area contributed by atoms with Crippen LogP contribution < -0.4 is 0 Å². The number of aliphatic hydroxyl groups excluding tert-OH is 2. The van der Waals surface area contributed by atoms with Crippen LogP contribution in [0.5, 0.6) is 0 Å². The van der Waals surface area contributed by atoms with Crippen LogP contribution in [-0.4, -0.2) is 34.7 Å². The zero-order valence-electron chi connectivity index (χ0n) is 10.7. The predicted octanol–water partition coefficient (Wildman–Crippen LogP) is 0.866. The van der Waals surface area contributed by atoms with E-state index < -0.39 is 24.5 Å². The van der Waals surface area contributed by atoms with Crippen LogP contribution in [0.25, 0.3) is 0 Å². The molecule has 6 heteroatoms. The maximum Gasteiger partial charge on any atom is 0.333 e. The van der Waals surface area contributed by atoms with Gasteiger partial charge in [0.05, 0.1) is 0 Å². The first-order valence-electron chi connectivity index (χ1n) is 5.95. The van der Waals surface area contributed by atoms with E-state index in [0.29, 0.717) is 25.7 Å². The van der Waals surface area contributed by atoms with Gasteiger partial charge in [0.1, 0.15) is 0 Å². The molecule has 0 aromatic carbocycles. The van der Waals surface area contributed by atoms with Gasteiger partial charge in [0.25, 0.3) is 0 Å². The van der Waals surface area contributed by atoms with Crippen molar-refractivity contribution in [1.82, 2.24) is 0 Å². The van der Waals surface area contributed by atoms with Crippen molar-refractivity contribution < 1.29 is 29.3 Å². The Hall–Kier alpha value is -1.40. The van der Waals surface area contributed by atoms with Crippen LogP contribution in [0.15, 0.2) is 12.2 Å². The fourth-order valence-electron chi connectivity index (χ4n) is 1.09. The lowest BCUT2D eigenvalue weighted by atomic mass is 10.3. The predicted molar refractivity (Wildman–Crippen MR) is 63.2 cm³/mol. The van der Waals surface area contributed by atoms with Crippen LogP contribution in [0, 0.1) is 0 Å². The molecule has 0 aliphatic heterocycles. The molecule has 2 N–H and O–H groups in total. The summed E-state index contributed by atoms with van der Waals surface area (Å²) in [5, 5.41) is 18.3. The van der Waals surface area contributed by atoms with E-state index in [0.717, 1.165) is 12.2 Å². The van der Waals surface area contributed by atoms with Gasteiger partial charge >= 0.3 is 11.9 Å². The molecule has 0 aliphatic carbocycles. The summed E-state index contributed by atoms with van der Waals surface area (Å²) in [6, 6.07) is 0. The van der Waals surface area contributed by atoms with E-state index in [9.17, 15) is 9.59 Å². The first kappa shape index (κ1) is 16.6. The van der Waals surface area contributed by atoms with Crippen molar-refractivity contribution in [3.8, 4) is 0 Å². The number of carbonyl (C=O) groups is 2. The fourth-order valence-corrected chi connectivity index (χ4v) is 1.09. The minimum absolute atomic E-state index is 0.333. The third kappa shape index (κ3) is 8.72. The highest BCUT2D eigenvalue weighted by molar-refractivity contribution is 5.91. The molecule has 0 saturated carbocycles. The smallest absolute Gasteiger partial charge is 0.333 e. The van der Waals surface area contributed by atoms with Crippen molar-refractivity contribution >= 4 is 11.9 Å². The van der Waals surface area contributed by atoms with Crippen molar-refractivity contribution in [1.29, 1.82) is 0 Å². The Kier molecular flexibility index (Phi) is 8.86. The molecule has 0 aromatic rings. The molecule has 0 amide bonds. The highest BCUT2D eigenvalue weighted by Gasteiger charge is 2.10. The largest absolute Gasteiger partial charge is 0.433 e. The quantitative estimate of drug-likeness (QED) is 0.382. The number of aliphatic hydroxyl groups is 2. The number of carbonyl (C=O) groups excluding carboxylic acids is 2. The van der Waals surface area contributed by atoms with Gasteiger partial charge in [-0.2, -0.15) is 0 Å². The molecule has 0 heterocycles. The maximum atomic E-state index is 11.1. The summed E-state index contributed by atoms with van der Waals surface area (Å²) < 4.78 is 9.11. The van der Waals surface area contributed by atoms with E-state index in [-0.39, 0.29) is 0 Å². The minimum Gasteiger partial charge on any atom is -0.433 e. The third-order valence-corrected chi connectivity index (χ3v) is 1.93. The van der Waals surface area contributed by atoms with Crippen LogP contribution in [0.4, 0.5) is 0 Å². The molecule has 0 aromatic heterocycles. The molecule has 0 aliphatic rings. The number of hydrogen-bond acceptors (Lipinski definition) is 6. The lowest BCUT2D eigenvalue weighted by molar-refractivity contribution is -0.165. The molecule has 0 saturated heterocycles. The summed E-state index contributed by atoms with van der Waals surface area (Å²) in [4.78, 5) is 22.2. The summed E-state index contributed by atoms with van der Waals surface area (Å²) in [5.41, 5.74) is 0. The number of esters is 2. The number of hydrogen-bond donors (Lipinski definition) is 2. The Morgan fingerprint density at radius 2 is 1.28 bits per heavy atom. The number of rotatable bonds is 8. The minimum atomic E-state index is -1.17. The van der Waals surface area contributed by atoms with Gasteiger partial charge in [-0.15, -0.1) is 0 Å². The van der Waals surface area contributed by atoms with E-state index in [2.05, 4.69) is 9.47 Å². The third-order valence-electron chi connectivity index (χ3n) is 1.93. The zero-order chi connectivity index (χ0) is 14.0. The average Bonchev–Trinajstić information content (AvgIpc) is 2.27.